The minimum absolute atomic E-state index is 0.250. The van der Waals surface area contributed by atoms with Crippen LogP contribution >= 0.6 is 0 Å². The lowest BCUT2D eigenvalue weighted by Crippen LogP contribution is -2.26. The number of alkyl halides is 3. The minimum atomic E-state index is -4.55. The van der Waals surface area contributed by atoms with Crippen LogP contribution in [0, 0.1) is 13.8 Å². The van der Waals surface area contributed by atoms with Crippen molar-refractivity contribution in [3.63, 3.8) is 0 Å². The average Bonchev–Trinajstić information content (AvgIpc) is 3.22. The van der Waals surface area contributed by atoms with Crippen LogP contribution in [0.1, 0.15) is 35.5 Å². The quantitative estimate of drug-likeness (QED) is 0.716. The maximum Gasteiger partial charge on any atom is 0.435 e. The summed E-state index contributed by atoms with van der Waals surface area (Å²) < 4.78 is 41.2. The molecule has 0 saturated carbocycles. The number of amides is 1. The molecule has 1 amide bonds. The molecule has 0 radical (unpaired) electrons. The van der Waals surface area contributed by atoms with Crippen molar-refractivity contribution >= 4 is 11.7 Å². The fourth-order valence-corrected chi connectivity index (χ4v) is 2.76. The van der Waals surface area contributed by atoms with Crippen molar-refractivity contribution in [1.29, 1.82) is 0 Å². The van der Waals surface area contributed by atoms with E-state index < -0.39 is 23.8 Å². The Bertz CT molecular complexity index is 972. The van der Waals surface area contributed by atoms with Crippen molar-refractivity contribution in [3.05, 3.63) is 65.1 Å². The largest absolute Gasteiger partial charge is 0.435 e. The SMILES string of the molecule is Cc1ccc(Cn2ccc(NC(=O)C(C)n3nc(C(F)(F)F)cc3C)n2)cc1. The molecule has 0 bridgehead atoms. The van der Waals surface area contributed by atoms with Crippen molar-refractivity contribution in [1.82, 2.24) is 19.6 Å². The standard InChI is InChI=1S/C19H20F3N5O/c1-12-4-6-15(7-5-12)11-26-9-8-17(25-26)23-18(28)14(3)27-13(2)10-16(24-27)19(20,21)22/h4-10,14H,11H2,1-3H3,(H,23,25,28). The molecular weight excluding hydrogens is 371 g/mol. The molecule has 28 heavy (non-hydrogen) atoms. The Labute approximate surface area is 160 Å². The summed E-state index contributed by atoms with van der Waals surface area (Å²) in [6.45, 7) is 5.51. The predicted molar refractivity (Wildman–Crippen MR) is 97.8 cm³/mol. The average molecular weight is 391 g/mol. The number of hydrogen-bond donors (Lipinski definition) is 1. The zero-order chi connectivity index (χ0) is 20.5. The molecule has 148 valence electrons. The number of nitrogens with one attached hydrogen (secondary N) is 1. The summed E-state index contributed by atoms with van der Waals surface area (Å²) in [5.74, 6) is -0.176. The molecule has 1 atom stereocenters. The summed E-state index contributed by atoms with van der Waals surface area (Å²) in [5, 5.41) is 10.4. The van der Waals surface area contributed by atoms with E-state index in [1.165, 1.54) is 13.8 Å². The molecule has 2 heterocycles. The van der Waals surface area contributed by atoms with Crippen LogP contribution in [0.25, 0.3) is 0 Å². The number of rotatable bonds is 5. The summed E-state index contributed by atoms with van der Waals surface area (Å²) in [6.07, 6.45) is -2.83. The van der Waals surface area contributed by atoms with E-state index in [0.29, 0.717) is 12.4 Å². The first-order valence-corrected chi connectivity index (χ1v) is 8.66. The number of aryl methyl sites for hydroxylation is 2. The smallest absolute Gasteiger partial charge is 0.307 e. The summed E-state index contributed by atoms with van der Waals surface area (Å²) in [5.41, 5.74) is 1.45. The molecule has 0 fully saturated rings. The van der Waals surface area contributed by atoms with Crippen molar-refractivity contribution in [2.24, 2.45) is 0 Å². The van der Waals surface area contributed by atoms with Crippen LogP contribution in [-0.4, -0.2) is 25.5 Å². The summed E-state index contributed by atoms with van der Waals surface area (Å²) >= 11 is 0. The normalized spacial score (nSPS) is 12.8. The Morgan fingerprint density at radius 3 is 2.43 bits per heavy atom. The van der Waals surface area contributed by atoms with Crippen molar-refractivity contribution in [2.75, 3.05) is 5.32 Å². The third kappa shape index (κ3) is 4.41. The van der Waals surface area contributed by atoms with E-state index in [1.54, 1.807) is 16.9 Å². The monoisotopic (exact) mass is 391 g/mol. The van der Waals surface area contributed by atoms with Gasteiger partial charge in [-0.25, -0.2) is 0 Å². The van der Waals surface area contributed by atoms with E-state index in [9.17, 15) is 18.0 Å². The van der Waals surface area contributed by atoms with Gasteiger partial charge in [-0.1, -0.05) is 29.8 Å². The summed E-state index contributed by atoms with van der Waals surface area (Å²) in [7, 11) is 0. The van der Waals surface area contributed by atoms with Gasteiger partial charge in [-0.15, -0.1) is 0 Å². The second kappa shape index (κ2) is 7.49. The predicted octanol–water partition coefficient (Wildman–Crippen LogP) is 3.96. The fourth-order valence-electron chi connectivity index (χ4n) is 2.76. The van der Waals surface area contributed by atoms with Crippen molar-refractivity contribution in [2.45, 2.75) is 39.5 Å². The molecule has 1 N–H and O–H groups in total. The Morgan fingerprint density at radius 2 is 1.82 bits per heavy atom. The summed E-state index contributed by atoms with van der Waals surface area (Å²) in [4.78, 5) is 12.4. The molecule has 1 aromatic carbocycles. The molecule has 9 heteroatoms. The molecule has 2 aromatic heterocycles. The molecule has 0 saturated heterocycles. The van der Waals surface area contributed by atoms with E-state index in [1.807, 2.05) is 31.2 Å². The zero-order valence-electron chi connectivity index (χ0n) is 15.7. The van der Waals surface area contributed by atoms with Gasteiger partial charge in [0.2, 0.25) is 5.91 Å². The van der Waals surface area contributed by atoms with Gasteiger partial charge in [-0.2, -0.15) is 23.4 Å². The van der Waals surface area contributed by atoms with Crippen LogP contribution in [0.5, 0.6) is 0 Å². The lowest BCUT2D eigenvalue weighted by Gasteiger charge is -2.13. The maximum absolute atomic E-state index is 12.8. The van der Waals surface area contributed by atoms with E-state index in [0.717, 1.165) is 21.9 Å². The van der Waals surface area contributed by atoms with Crippen molar-refractivity contribution in [3.8, 4) is 0 Å². The second-order valence-corrected chi connectivity index (χ2v) is 6.66. The first kappa shape index (κ1) is 19.7. The highest BCUT2D eigenvalue weighted by molar-refractivity contribution is 5.92. The molecule has 0 spiro atoms. The Hall–Kier alpha value is -3.10. The number of nitrogens with zero attached hydrogens (tertiary/aromatic N) is 4. The van der Waals surface area contributed by atoms with Crippen LogP contribution in [0.4, 0.5) is 19.0 Å². The second-order valence-electron chi connectivity index (χ2n) is 6.66. The van der Waals surface area contributed by atoms with Crippen LogP contribution in [0.2, 0.25) is 0 Å². The lowest BCUT2D eigenvalue weighted by molar-refractivity contribution is -0.141. The number of anilines is 1. The molecule has 1 unspecified atom stereocenters. The van der Waals surface area contributed by atoms with E-state index in [-0.39, 0.29) is 5.69 Å². The molecule has 3 aromatic rings. The number of aromatic nitrogens is 4. The van der Waals surface area contributed by atoms with Gasteiger partial charge in [0.1, 0.15) is 6.04 Å². The summed E-state index contributed by atoms with van der Waals surface area (Å²) in [6, 6.07) is 9.64. The topological polar surface area (TPSA) is 64.7 Å². The van der Waals surface area contributed by atoms with Crippen molar-refractivity contribution < 1.29 is 18.0 Å². The van der Waals surface area contributed by atoms with Gasteiger partial charge < -0.3 is 5.32 Å². The lowest BCUT2D eigenvalue weighted by atomic mass is 10.1. The van der Waals surface area contributed by atoms with Gasteiger partial charge in [0.05, 0.1) is 6.54 Å². The number of carbonyl (C=O) groups excluding carboxylic acids is 1. The van der Waals surface area contributed by atoms with E-state index in [2.05, 4.69) is 15.5 Å². The van der Waals surface area contributed by atoms with Gasteiger partial charge in [0.25, 0.3) is 0 Å². The fraction of sp³-hybridized carbons (Fsp3) is 0.316. The zero-order valence-corrected chi connectivity index (χ0v) is 15.7. The van der Waals surface area contributed by atoms with E-state index >= 15 is 0 Å². The molecule has 0 aliphatic heterocycles. The van der Waals surface area contributed by atoms with Gasteiger partial charge in [-0.3, -0.25) is 14.2 Å². The Kier molecular flexibility index (Phi) is 5.26. The molecule has 6 nitrogen and oxygen atoms in total. The number of hydrogen-bond acceptors (Lipinski definition) is 3. The number of benzene rings is 1. The number of halogens is 3. The highest BCUT2D eigenvalue weighted by Crippen LogP contribution is 2.29. The Morgan fingerprint density at radius 1 is 1.14 bits per heavy atom. The number of carbonyl (C=O) groups is 1. The highest BCUT2D eigenvalue weighted by Gasteiger charge is 2.35. The van der Waals surface area contributed by atoms with Crippen LogP contribution in [0.15, 0.2) is 42.6 Å². The first-order chi connectivity index (χ1) is 13.1. The van der Waals surface area contributed by atoms with Crippen LogP contribution in [-0.2, 0) is 17.5 Å². The van der Waals surface area contributed by atoms with E-state index in [4.69, 9.17) is 0 Å². The van der Waals surface area contributed by atoms with Gasteiger partial charge in [-0.05, 0) is 32.4 Å². The third-order valence-corrected chi connectivity index (χ3v) is 4.32. The van der Waals surface area contributed by atoms with Gasteiger partial charge in [0, 0.05) is 18.0 Å². The third-order valence-electron chi connectivity index (χ3n) is 4.32. The maximum atomic E-state index is 12.8. The molecular formula is C19H20F3N5O. The van der Waals surface area contributed by atoms with Crippen LogP contribution in [0.3, 0.4) is 0 Å². The first-order valence-electron chi connectivity index (χ1n) is 8.66. The molecule has 3 rings (SSSR count). The van der Waals surface area contributed by atoms with Gasteiger partial charge in [0.15, 0.2) is 11.5 Å². The molecule has 0 aliphatic rings. The molecule has 0 aliphatic carbocycles. The minimum Gasteiger partial charge on any atom is -0.307 e. The van der Waals surface area contributed by atoms with Crippen LogP contribution < -0.4 is 5.32 Å². The highest BCUT2D eigenvalue weighted by atomic mass is 19.4. The Balaban J connectivity index is 1.67. The van der Waals surface area contributed by atoms with Gasteiger partial charge >= 0.3 is 6.18 Å².